The van der Waals surface area contributed by atoms with Gasteiger partial charge in [0, 0.05) is 37.2 Å². The Hall–Kier alpha value is -4.27. The number of anilines is 1. The zero-order chi connectivity index (χ0) is 24.9. The molecule has 1 aromatic heterocycles. The van der Waals surface area contributed by atoms with Gasteiger partial charge in [-0.05, 0) is 42.7 Å². The second-order valence-corrected chi connectivity index (χ2v) is 8.85. The predicted molar refractivity (Wildman–Crippen MR) is 131 cm³/mol. The first-order valence-electron chi connectivity index (χ1n) is 11.9. The lowest BCUT2D eigenvalue weighted by atomic mass is 9.94. The van der Waals surface area contributed by atoms with E-state index in [-0.39, 0.29) is 30.3 Å². The number of hydrogen-bond acceptors (Lipinski definition) is 6. The second kappa shape index (κ2) is 10.6. The normalized spacial score (nSPS) is 15.8. The predicted octanol–water partition coefficient (Wildman–Crippen LogP) is 3.23. The van der Waals surface area contributed by atoms with Crippen molar-refractivity contribution in [2.24, 2.45) is 5.92 Å². The van der Waals surface area contributed by atoms with Gasteiger partial charge in [-0.25, -0.2) is 0 Å². The van der Waals surface area contributed by atoms with E-state index in [4.69, 9.17) is 13.9 Å². The fourth-order valence-electron chi connectivity index (χ4n) is 4.49. The Morgan fingerprint density at radius 3 is 2.47 bits per heavy atom. The van der Waals surface area contributed by atoms with Crippen molar-refractivity contribution >= 4 is 23.4 Å². The van der Waals surface area contributed by atoms with E-state index in [0.29, 0.717) is 49.5 Å². The fraction of sp³-hybridized carbons (Fsp3) is 0.296. The number of furan rings is 1. The molecule has 1 atom stereocenters. The maximum absolute atomic E-state index is 13.4. The van der Waals surface area contributed by atoms with Crippen LogP contribution in [0.2, 0.25) is 0 Å². The Bertz CT molecular complexity index is 1220. The molecule has 2 N–H and O–H groups in total. The van der Waals surface area contributed by atoms with Crippen molar-refractivity contribution in [2.75, 3.05) is 25.2 Å². The molecule has 2 aliphatic rings. The average molecular weight is 490 g/mol. The number of ether oxygens (including phenoxy) is 2. The molecule has 3 heterocycles. The van der Waals surface area contributed by atoms with Gasteiger partial charge < -0.3 is 29.4 Å². The Kier molecular flexibility index (Phi) is 6.88. The summed E-state index contributed by atoms with van der Waals surface area (Å²) in [4.78, 5) is 40.6. The van der Waals surface area contributed by atoms with Gasteiger partial charge in [-0.15, -0.1) is 0 Å². The molecule has 0 saturated carbocycles. The van der Waals surface area contributed by atoms with E-state index in [1.807, 2.05) is 30.3 Å². The van der Waals surface area contributed by atoms with Crippen molar-refractivity contribution in [3.8, 4) is 11.5 Å². The summed E-state index contributed by atoms with van der Waals surface area (Å²) in [6, 6.07) is 17.3. The number of carbonyl (C=O) groups is 3. The Morgan fingerprint density at radius 1 is 0.944 bits per heavy atom. The highest BCUT2D eigenvalue weighted by Crippen LogP contribution is 2.34. The van der Waals surface area contributed by atoms with Gasteiger partial charge in [0.25, 0.3) is 5.91 Å². The van der Waals surface area contributed by atoms with Crippen LogP contribution in [0.1, 0.15) is 29.0 Å². The SMILES string of the molecule is O=C(N[C@@H](Cc1ccccc1)C(=O)N1CCC(C(=O)Nc2ccc3c(c2)OCO3)CC1)c1ccco1. The summed E-state index contributed by atoms with van der Waals surface area (Å²) in [6.45, 7) is 1.03. The molecule has 0 aliphatic carbocycles. The van der Waals surface area contributed by atoms with Crippen molar-refractivity contribution in [3.63, 3.8) is 0 Å². The molecule has 3 amide bonds. The van der Waals surface area contributed by atoms with Gasteiger partial charge in [-0.2, -0.15) is 0 Å². The molecule has 2 aromatic carbocycles. The average Bonchev–Trinajstić information content (AvgIpc) is 3.61. The molecule has 5 rings (SSSR count). The lowest BCUT2D eigenvalue weighted by molar-refractivity contribution is -0.136. The number of carbonyl (C=O) groups excluding carboxylic acids is 3. The van der Waals surface area contributed by atoms with Gasteiger partial charge in [-0.1, -0.05) is 30.3 Å². The highest BCUT2D eigenvalue weighted by Gasteiger charge is 2.32. The molecular formula is C27H27N3O6. The number of likely N-dealkylation sites (tertiary alicyclic amines) is 1. The van der Waals surface area contributed by atoms with Crippen molar-refractivity contribution in [2.45, 2.75) is 25.3 Å². The molecular weight excluding hydrogens is 462 g/mol. The van der Waals surface area contributed by atoms with Crippen LogP contribution in [0.4, 0.5) is 5.69 Å². The smallest absolute Gasteiger partial charge is 0.287 e. The minimum Gasteiger partial charge on any atom is -0.459 e. The summed E-state index contributed by atoms with van der Waals surface area (Å²) in [5.74, 6) is 0.497. The first kappa shape index (κ1) is 23.5. The van der Waals surface area contributed by atoms with E-state index >= 15 is 0 Å². The minimum absolute atomic E-state index is 0.0899. The van der Waals surface area contributed by atoms with Crippen molar-refractivity contribution < 1.29 is 28.3 Å². The first-order valence-corrected chi connectivity index (χ1v) is 11.9. The molecule has 36 heavy (non-hydrogen) atoms. The van der Waals surface area contributed by atoms with Crippen LogP contribution in [0.3, 0.4) is 0 Å². The topological polar surface area (TPSA) is 110 Å². The minimum atomic E-state index is -0.746. The molecule has 3 aromatic rings. The second-order valence-electron chi connectivity index (χ2n) is 8.85. The summed E-state index contributed by atoms with van der Waals surface area (Å²) in [7, 11) is 0. The summed E-state index contributed by atoms with van der Waals surface area (Å²) in [5.41, 5.74) is 1.58. The molecule has 9 nitrogen and oxygen atoms in total. The van der Waals surface area contributed by atoms with Crippen LogP contribution >= 0.6 is 0 Å². The van der Waals surface area contributed by atoms with Gasteiger partial charge in [0.1, 0.15) is 6.04 Å². The lowest BCUT2D eigenvalue weighted by Gasteiger charge is -2.34. The highest BCUT2D eigenvalue weighted by molar-refractivity contribution is 5.96. The quantitative estimate of drug-likeness (QED) is 0.527. The monoisotopic (exact) mass is 489 g/mol. The number of nitrogens with one attached hydrogen (secondary N) is 2. The van der Waals surface area contributed by atoms with E-state index in [2.05, 4.69) is 10.6 Å². The number of amides is 3. The molecule has 0 bridgehead atoms. The van der Waals surface area contributed by atoms with E-state index in [1.54, 1.807) is 35.2 Å². The van der Waals surface area contributed by atoms with Gasteiger partial charge >= 0.3 is 0 Å². The molecule has 2 aliphatic heterocycles. The third-order valence-electron chi connectivity index (χ3n) is 6.45. The molecule has 186 valence electrons. The van der Waals surface area contributed by atoms with Crippen LogP contribution in [0.25, 0.3) is 0 Å². The molecule has 1 fully saturated rings. The highest BCUT2D eigenvalue weighted by atomic mass is 16.7. The van der Waals surface area contributed by atoms with Gasteiger partial charge in [-0.3, -0.25) is 14.4 Å². The molecule has 0 radical (unpaired) electrons. The number of hydrogen-bond donors (Lipinski definition) is 2. The largest absolute Gasteiger partial charge is 0.459 e. The summed E-state index contributed by atoms with van der Waals surface area (Å²) < 4.78 is 15.9. The van der Waals surface area contributed by atoms with Crippen molar-refractivity contribution in [3.05, 3.63) is 78.3 Å². The maximum Gasteiger partial charge on any atom is 0.287 e. The zero-order valence-corrected chi connectivity index (χ0v) is 19.6. The van der Waals surface area contributed by atoms with E-state index in [9.17, 15) is 14.4 Å². The summed E-state index contributed by atoms with van der Waals surface area (Å²) in [5, 5.41) is 5.76. The van der Waals surface area contributed by atoms with Crippen LogP contribution < -0.4 is 20.1 Å². The van der Waals surface area contributed by atoms with Crippen LogP contribution in [0.15, 0.2) is 71.3 Å². The number of piperidine rings is 1. The number of benzene rings is 2. The number of rotatable bonds is 7. The van der Waals surface area contributed by atoms with Crippen LogP contribution in [0, 0.1) is 5.92 Å². The van der Waals surface area contributed by atoms with Crippen molar-refractivity contribution in [1.82, 2.24) is 10.2 Å². The van der Waals surface area contributed by atoms with E-state index < -0.39 is 11.9 Å². The lowest BCUT2D eigenvalue weighted by Crippen LogP contribution is -2.52. The number of nitrogens with zero attached hydrogens (tertiary/aromatic N) is 1. The third kappa shape index (κ3) is 5.35. The zero-order valence-electron chi connectivity index (χ0n) is 19.6. The number of fused-ring (bicyclic) bond motifs is 1. The first-order chi connectivity index (χ1) is 17.6. The third-order valence-corrected chi connectivity index (χ3v) is 6.45. The summed E-state index contributed by atoms with van der Waals surface area (Å²) in [6.07, 6.45) is 2.84. The maximum atomic E-state index is 13.4. The Labute approximate surface area is 208 Å². The van der Waals surface area contributed by atoms with E-state index in [1.165, 1.54) is 6.26 Å². The molecule has 9 heteroatoms. The van der Waals surface area contributed by atoms with Gasteiger partial charge in [0.2, 0.25) is 18.6 Å². The van der Waals surface area contributed by atoms with Crippen LogP contribution in [0.5, 0.6) is 11.5 Å². The molecule has 0 spiro atoms. The Balaban J connectivity index is 1.20. The van der Waals surface area contributed by atoms with Gasteiger partial charge in [0.05, 0.1) is 6.26 Å². The standard InChI is InChI=1S/C27H27N3O6/c31-25(28-20-8-9-22-24(16-20)36-17-35-22)19-10-12-30(13-11-19)27(33)21(15-18-5-2-1-3-6-18)29-26(32)23-7-4-14-34-23/h1-9,14,16,19,21H,10-13,15,17H2,(H,28,31)(H,29,32)/t21-/m0/s1. The van der Waals surface area contributed by atoms with Crippen LogP contribution in [-0.4, -0.2) is 48.5 Å². The fourth-order valence-corrected chi connectivity index (χ4v) is 4.49. The van der Waals surface area contributed by atoms with Crippen molar-refractivity contribution in [1.29, 1.82) is 0 Å². The molecule has 1 saturated heterocycles. The van der Waals surface area contributed by atoms with Gasteiger partial charge in [0.15, 0.2) is 17.3 Å². The Morgan fingerprint density at radius 2 is 1.72 bits per heavy atom. The van der Waals surface area contributed by atoms with Crippen LogP contribution in [-0.2, 0) is 16.0 Å². The molecule has 0 unspecified atom stereocenters. The van der Waals surface area contributed by atoms with E-state index in [0.717, 1.165) is 5.56 Å². The summed E-state index contributed by atoms with van der Waals surface area (Å²) >= 11 is 0.